The summed E-state index contributed by atoms with van der Waals surface area (Å²) in [5, 5.41) is 19.0. The molecule has 0 saturated carbocycles. The average Bonchev–Trinajstić information content (AvgIpc) is 2.53. The van der Waals surface area contributed by atoms with Crippen molar-refractivity contribution >= 4 is 5.97 Å². The van der Waals surface area contributed by atoms with Gasteiger partial charge >= 0.3 is 5.97 Å². The normalized spacial score (nSPS) is 13.2. The van der Waals surface area contributed by atoms with Crippen LogP contribution in [0, 0.1) is 6.92 Å². The number of aliphatic hydroxyl groups is 1. The van der Waals surface area contributed by atoms with Gasteiger partial charge in [0.25, 0.3) is 0 Å². The Morgan fingerprint density at radius 3 is 2.42 bits per heavy atom. The van der Waals surface area contributed by atoms with Crippen LogP contribution in [0.1, 0.15) is 23.6 Å². The number of aliphatic carboxylic acids is 1. The number of aryl methyl sites for hydroxylation is 1. The van der Waals surface area contributed by atoms with Gasteiger partial charge in [0, 0.05) is 6.42 Å². The quantitative estimate of drug-likeness (QED) is 0.816. The SMILES string of the molecule is COc1cc(CC(C)(O)C(=O)O)cc(C)c1OCc1ccccc1. The van der Waals surface area contributed by atoms with Crippen LogP contribution in [-0.2, 0) is 17.8 Å². The summed E-state index contributed by atoms with van der Waals surface area (Å²) in [7, 11) is 1.53. The molecule has 24 heavy (non-hydrogen) atoms. The third kappa shape index (κ3) is 4.26. The standard InChI is InChI=1S/C19H22O5/c1-13-9-15(11-19(2,22)18(20)21)10-16(23-3)17(13)24-12-14-7-5-4-6-8-14/h4-10,22H,11-12H2,1-3H3,(H,20,21). The summed E-state index contributed by atoms with van der Waals surface area (Å²) in [4.78, 5) is 11.1. The van der Waals surface area contributed by atoms with E-state index >= 15 is 0 Å². The minimum atomic E-state index is -1.83. The lowest BCUT2D eigenvalue weighted by Crippen LogP contribution is -2.37. The van der Waals surface area contributed by atoms with Gasteiger partial charge in [0.05, 0.1) is 7.11 Å². The maximum Gasteiger partial charge on any atom is 0.335 e. The highest BCUT2D eigenvalue weighted by atomic mass is 16.5. The molecule has 0 aliphatic carbocycles. The molecule has 2 aromatic rings. The van der Waals surface area contributed by atoms with Gasteiger partial charge in [-0.15, -0.1) is 0 Å². The van der Waals surface area contributed by atoms with Crippen molar-refractivity contribution in [3.63, 3.8) is 0 Å². The van der Waals surface area contributed by atoms with Gasteiger partial charge in [0.2, 0.25) is 0 Å². The van der Waals surface area contributed by atoms with E-state index in [4.69, 9.17) is 14.6 Å². The van der Waals surface area contributed by atoms with Crippen molar-refractivity contribution in [2.75, 3.05) is 7.11 Å². The third-order valence-electron chi connectivity index (χ3n) is 3.76. The van der Waals surface area contributed by atoms with Crippen molar-refractivity contribution in [1.82, 2.24) is 0 Å². The van der Waals surface area contributed by atoms with Crippen LogP contribution < -0.4 is 9.47 Å². The molecule has 0 aliphatic heterocycles. The van der Waals surface area contributed by atoms with E-state index in [-0.39, 0.29) is 6.42 Å². The first-order valence-electron chi connectivity index (χ1n) is 7.63. The van der Waals surface area contributed by atoms with Gasteiger partial charge < -0.3 is 19.7 Å². The second-order valence-corrected chi connectivity index (χ2v) is 5.97. The molecule has 0 fully saturated rings. The Bertz CT molecular complexity index is 707. The van der Waals surface area contributed by atoms with Gasteiger partial charge in [-0.25, -0.2) is 4.79 Å². The molecule has 2 N–H and O–H groups in total. The molecule has 0 radical (unpaired) electrons. The van der Waals surface area contributed by atoms with Gasteiger partial charge in [-0.1, -0.05) is 36.4 Å². The summed E-state index contributed by atoms with van der Waals surface area (Å²) in [5.41, 5.74) is 0.700. The molecule has 128 valence electrons. The fourth-order valence-electron chi connectivity index (χ4n) is 2.46. The summed E-state index contributed by atoms with van der Waals surface area (Å²) in [6, 6.07) is 13.3. The molecule has 1 unspecified atom stereocenters. The van der Waals surface area contributed by atoms with Crippen LogP contribution in [-0.4, -0.2) is 28.9 Å². The molecule has 1 atom stereocenters. The Hall–Kier alpha value is -2.53. The molecule has 2 aromatic carbocycles. The van der Waals surface area contributed by atoms with E-state index in [1.54, 1.807) is 12.1 Å². The topological polar surface area (TPSA) is 76.0 Å². The van der Waals surface area contributed by atoms with E-state index in [1.165, 1.54) is 14.0 Å². The third-order valence-corrected chi connectivity index (χ3v) is 3.76. The molecule has 0 amide bonds. The number of carbonyl (C=O) groups is 1. The summed E-state index contributed by atoms with van der Waals surface area (Å²) in [5.74, 6) is -0.134. The largest absolute Gasteiger partial charge is 0.493 e. The van der Waals surface area contributed by atoms with Crippen molar-refractivity contribution in [1.29, 1.82) is 0 Å². The number of carboxylic acids is 1. The Labute approximate surface area is 141 Å². The van der Waals surface area contributed by atoms with Gasteiger partial charge in [-0.05, 0) is 36.6 Å². The average molecular weight is 330 g/mol. The zero-order valence-corrected chi connectivity index (χ0v) is 14.1. The minimum Gasteiger partial charge on any atom is -0.493 e. The molecular formula is C19H22O5. The molecule has 0 spiro atoms. The molecular weight excluding hydrogens is 308 g/mol. The number of benzene rings is 2. The molecule has 0 bridgehead atoms. The number of carboxylic acid groups (broad SMARTS) is 1. The fraction of sp³-hybridized carbons (Fsp3) is 0.316. The van der Waals surface area contributed by atoms with Crippen LogP contribution in [0.4, 0.5) is 0 Å². The molecule has 5 nitrogen and oxygen atoms in total. The molecule has 0 saturated heterocycles. The lowest BCUT2D eigenvalue weighted by Gasteiger charge is -2.20. The summed E-state index contributed by atoms with van der Waals surface area (Å²) in [6.07, 6.45) is -0.0154. The van der Waals surface area contributed by atoms with E-state index < -0.39 is 11.6 Å². The monoisotopic (exact) mass is 330 g/mol. The van der Waals surface area contributed by atoms with E-state index in [9.17, 15) is 9.90 Å². The number of rotatable bonds is 7. The van der Waals surface area contributed by atoms with Gasteiger partial charge in [-0.2, -0.15) is 0 Å². The van der Waals surface area contributed by atoms with Crippen LogP contribution in [0.15, 0.2) is 42.5 Å². The highest BCUT2D eigenvalue weighted by molar-refractivity contribution is 5.77. The van der Waals surface area contributed by atoms with Crippen LogP contribution in [0.3, 0.4) is 0 Å². The Morgan fingerprint density at radius 1 is 1.17 bits per heavy atom. The van der Waals surface area contributed by atoms with Crippen LogP contribution in [0.25, 0.3) is 0 Å². The Balaban J connectivity index is 2.22. The first kappa shape index (κ1) is 17.8. The van der Waals surface area contributed by atoms with Crippen molar-refractivity contribution in [3.8, 4) is 11.5 Å². The summed E-state index contributed by atoms with van der Waals surface area (Å²) >= 11 is 0. The van der Waals surface area contributed by atoms with Gasteiger partial charge in [0.1, 0.15) is 6.61 Å². The Kier molecular flexibility index (Phi) is 5.46. The van der Waals surface area contributed by atoms with Crippen LogP contribution in [0.5, 0.6) is 11.5 Å². The zero-order chi connectivity index (χ0) is 17.7. The van der Waals surface area contributed by atoms with Crippen molar-refractivity contribution in [2.24, 2.45) is 0 Å². The van der Waals surface area contributed by atoms with Crippen molar-refractivity contribution in [3.05, 3.63) is 59.2 Å². The van der Waals surface area contributed by atoms with Crippen LogP contribution >= 0.6 is 0 Å². The first-order chi connectivity index (χ1) is 11.3. The highest BCUT2D eigenvalue weighted by Gasteiger charge is 2.30. The van der Waals surface area contributed by atoms with Crippen molar-refractivity contribution < 1.29 is 24.5 Å². The molecule has 0 aromatic heterocycles. The lowest BCUT2D eigenvalue weighted by atomic mass is 9.95. The zero-order valence-electron chi connectivity index (χ0n) is 14.1. The number of hydrogen-bond donors (Lipinski definition) is 2. The number of ether oxygens (including phenoxy) is 2. The predicted octanol–water partition coefficient (Wildman–Crippen LogP) is 2.96. The van der Waals surface area contributed by atoms with E-state index in [0.717, 1.165) is 11.1 Å². The summed E-state index contributed by atoms with van der Waals surface area (Å²) in [6.45, 7) is 3.54. The van der Waals surface area contributed by atoms with Crippen LogP contribution in [0.2, 0.25) is 0 Å². The lowest BCUT2D eigenvalue weighted by molar-refractivity contribution is -0.156. The summed E-state index contributed by atoms with van der Waals surface area (Å²) < 4.78 is 11.2. The maximum atomic E-state index is 11.1. The van der Waals surface area contributed by atoms with Crippen molar-refractivity contribution in [2.45, 2.75) is 32.5 Å². The number of hydrogen-bond acceptors (Lipinski definition) is 4. The Morgan fingerprint density at radius 2 is 1.83 bits per heavy atom. The van der Waals surface area contributed by atoms with Gasteiger partial charge in [0.15, 0.2) is 17.1 Å². The first-order valence-corrected chi connectivity index (χ1v) is 7.63. The predicted molar refractivity (Wildman–Crippen MR) is 90.5 cm³/mol. The fourth-order valence-corrected chi connectivity index (χ4v) is 2.46. The molecule has 5 heteroatoms. The second kappa shape index (κ2) is 7.36. The second-order valence-electron chi connectivity index (χ2n) is 5.97. The van der Waals surface area contributed by atoms with E-state index in [0.29, 0.717) is 23.7 Å². The van der Waals surface area contributed by atoms with Gasteiger partial charge in [-0.3, -0.25) is 0 Å². The van der Waals surface area contributed by atoms with E-state index in [1.807, 2.05) is 37.3 Å². The smallest absolute Gasteiger partial charge is 0.335 e. The maximum absolute atomic E-state index is 11.1. The highest BCUT2D eigenvalue weighted by Crippen LogP contribution is 2.34. The molecule has 0 heterocycles. The molecule has 0 aliphatic rings. The minimum absolute atomic E-state index is 0.0154. The number of methoxy groups -OCH3 is 1. The molecule has 2 rings (SSSR count). The van der Waals surface area contributed by atoms with E-state index in [2.05, 4.69) is 0 Å².